The van der Waals surface area contributed by atoms with E-state index >= 15 is 0 Å². The van der Waals surface area contributed by atoms with Crippen LogP contribution in [-0.2, 0) is 0 Å². The zero-order chi connectivity index (χ0) is 22.9. The number of nitro benzene ring substituents is 1. The molecule has 2 atom stereocenters. The summed E-state index contributed by atoms with van der Waals surface area (Å²) in [4.78, 5) is 11.4. The largest absolute Gasteiger partial charge is 0.497 e. The second-order valence-electron chi connectivity index (χ2n) is 8.39. The van der Waals surface area contributed by atoms with E-state index in [4.69, 9.17) is 14.2 Å². The van der Waals surface area contributed by atoms with Gasteiger partial charge in [-0.15, -0.1) is 0 Å². The van der Waals surface area contributed by atoms with Crippen LogP contribution in [0.15, 0.2) is 66.7 Å². The lowest BCUT2D eigenvalue weighted by atomic mass is 9.68. The van der Waals surface area contributed by atoms with E-state index < -0.39 is 5.60 Å². The predicted octanol–water partition coefficient (Wildman–Crippen LogP) is 6.09. The van der Waals surface area contributed by atoms with Crippen LogP contribution in [0.25, 0.3) is 0 Å². The molecule has 0 bridgehead atoms. The highest BCUT2D eigenvalue weighted by Gasteiger charge is 2.45. The van der Waals surface area contributed by atoms with Crippen LogP contribution >= 0.6 is 0 Å². The molecule has 3 aromatic carbocycles. The van der Waals surface area contributed by atoms with Crippen molar-refractivity contribution in [2.24, 2.45) is 0 Å². The zero-order valence-electron chi connectivity index (χ0n) is 18.7. The van der Waals surface area contributed by atoms with Crippen molar-refractivity contribution in [3.63, 3.8) is 0 Å². The first-order valence-corrected chi connectivity index (χ1v) is 10.7. The monoisotopic (exact) mass is 433 g/mol. The third kappa shape index (κ3) is 3.88. The van der Waals surface area contributed by atoms with E-state index in [1.165, 1.54) is 0 Å². The number of nitrogens with zero attached hydrogens (tertiary/aromatic N) is 1. The SMILES string of the molecule is CCOc1ccc(C2c3ccc(OC)cc3OC(C)(C)C2c2ccccc2)cc1[N+](=O)[O-]. The van der Waals surface area contributed by atoms with Crippen molar-refractivity contribution in [1.82, 2.24) is 0 Å². The minimum absolute atomic E-state index is 0.0319. The number of hydrogen-bond donors (Lipinski definition) is 0. The highest BCUT2D eigenvalue weighted by atomic mass is 16.6. The van der Waals surface area contributed by atoms with E-state index in [0.29, 0.717) is 12.4 Å². The smallest absolute Gasteiger partial charge is 0.311 e. The van der Waals surface area contributed by atoms with E-state index in [-0.39, 0.29) is 28.2 Å². The van der Waals surface area contributed by atoms with Crippen molar-refractivity contribution in [1.29, 1.82) is 0 Å². The van der Waals surface area contributed by atoms with Gasteiger partial charge in [0.25, 0.3) is 0 Å². The number of rotatable bonds is 6. The number of ether oxygens (including phenoxy) is 3. The van der Waals surface area contributed by atoms with Crippen molar-refractivity contribution in [2.45, 2.75) is 38.2 Å². The fourth-order valence-electron chi connectivity index (χ4n) is 4.69. The fraction of sp³-hybridized carbons (Fsp3) is 0.308. The molecular weight excluding hydrogens is 406 g/mol. The summed E-state index contributed by atoms with van der Waals surface area (Å²) in [6.07, 6.45) is 0. The molecule has 32 heavy (non-hydrogen) atoms. The van der Waals surface area contributed by atoms with E-state index in [9.17, 15) is 10.1 Å². The summed E-state index contributed by atoms with van der Waals surface area (Å²) in [6.45, 7) is 6.29. The summed E-state index contributed by atoms with van der Waals surface area (Å²) in [5, 5.41) is 11.8. The number of methoxy groups -OCH3 is 1. The Kier molecular flexibility index (Phi) is 5.78. The zero-order valence-corrected chi connectivity index (χ0v) is 18.7. The van der Waals surface area contributed by atoms with Crippen LogP contribution in [0.5, 0.6) is 17.2 Å². The molecule has 0 saturated heterocycles. The van der Waals surface area contributed by atoms with Gasteiger partial charge in [-0.3, -0.25) is 10.1 Å². The van der Waals surface area contributed by atoms with Crippen LogP contribution in [0.3, 0.4) is 0 Å². The molecule has 0 fully saturated rings. The second-order valence-corrected chi connectivity index (χ2v) is 8.39. The summed E-state index contributed by atoms with van der Waals surface area (Å²) in [5.41, 5.74) is 2.32. The minimum atomic E-state index is -0.571. The van der Waals surface area contributed by atoms with Gasteiger partial charge in [0.15, 0.2) is 5.75 Å². The maximum absolute atomic E-state index is 11.8. The molecule has 0 amide bonds. The Balaban J connectivity index is 1.95. The second kappa shape index (κ2) is 8.54. The third-order valence-electron chi connectivity index (χ3n) is 6.01. The number of benzene rings is 3. The van der Waals surface area contributed by atoms with E-state index in [1.807, 2.05) is 49.4 Å². The van der Waals surface area contributed by atoms with Crippen molar-refractivity contribution in [2.75, 3.05) is 13.7 Å². The van der Waals surface area contributed by atoms with Crippen LogP contribution in [0.2, 0.25) is 0 Å². The summed E-state index contributed by atoms with van der Waals surface area (Å²) < 4.78 is 17.4. The Bertz CT molecular complexity index is 1130. The highest BCUT2D eigenvalue weighted by Crippen LogP contribution is 2.54. The van der Waals surface area contributed by atoms with Crippen molar-refractivity contribution in [3.8, 4) is 17.2 Å². The molecule has 0 radical (unpaired) electrons. The molecule has 4 rings (SSSR count). The molecule has 1 aliphatic rings. The van der Waals surface area contributed by atoms with Crippen LogP contribution in [0, 0.1) is 10.1 Å². The molecular formula is C26H27NO5. The molecule has 1 heterocycles. The summed E-state index contributed by atoms with van der Waals surface area (Å²) in [7, 11) is 1.62. The number of hydrogen-bond acceptors (Lipinski definition) is 5. The summed E-state index contributed by atoms with van der Waals surface area (Å²) in [6, 6.07) is 21.2. The van der Waals surface area contributed by atoms with Crippen molar-refractivity contribution >= 4 is 5.69 Å². The lowest BCUT2D eigenvalue weighted by Crippen LogP contribution is -2.43. The molecule has 1 aliphatic heterocycles. The quantitative estimate of drug-likeness (QED) is 0.348. The topological polar surface area (TPSA) is 70.8 Å². The predicted molar refractivity (Wildman–Crippen MR) is 123 cm³/mol. The Morgan fingerprint density at radius 2 is 1.78 bits per heavy atom. The van der Waals surface area contributed by atoms with Crippen molar-refractivity contribution < 1.29 is 19.1 Å². The van der Waals surface area contributed by atoms with Crippen LogP contribution in [-0.4, -0.2) is 24.2 Å². The van der Waals surface area contributed by atoms with Gasteiger partial charge in [-0.1, -0.05) is 42.5 Å². The first-order valence-electron chi connectivity index (χ1n) is 10.7. The molecule has 6 heteroatoms. The number of nitro groups is 1. The average Bonchev–Trinajstić information content (AvgIpc) is 2.78. The Hall–Kier alpha value is -3.54. The lowest BCUT2D eigenvalue weighted by Gasteiger charge is -2.45. The van der Waals surface area contributed by atoms with Gasteiger partial charge >= 0.3 is 5.69 Å². The summed E-state index contributed by atoms with van der Waals surface area (Å²) in [5.74, 6) is 1.48. The normalized spacial score (nSPS) is 18.9. The number of fused-ring (bicyclic) bond motifs is 1. The van der Waals surface area contributed by atoms with Crippen molar-refractivity contribution in [3.05, 3.63) is 93.5 Å². The highest BCUT2D eigenvalue weighted by molar-refractivity contribution is 5.56. The molecule has 0 saturated carbocycles. The van der Waals surface area contributed by atoms with Gasteiger partial charge < -0.3 is 14.2 Å². The van der Waals surface area contributed by atoms with Gasteiger partial charge in [-0.2, -0.15) is 0 Å². The maximum atomic E-state index is 11.8. The maximum Gasteiger partial charge on any atom is 0.311 e. The van der Waals surface area contributed by atoms with Gasteiger partial charge in [0, 0.05) is 29.5 Å². The van der Waals surface area contributed by atoms with Gasteiger partial charge in [0.1, 0.15) is 17.1 Å². The van der Waals surface area contributed by atoms with E-state index in [0.717, 1.165) is 22.4 Å². The molecule has 3 aromatic rings. The summed E-state index contributed by atoms with van der Waals surface area (Å²) >= 11 is 0. The molecule has 0 aromatic heterocycles. The lowest BCUT2D eigenvalue weighted by molar-refractivity contribution is -0.385. The van der Waals surface area contributed by atoms with E-state index in [2.05, 4.69) is 26.0 Å². The molecule has 0 spiro atoms. The van der Waals surface area contributed by atoms with Gasteiger partial charge in [-0.25, -0.2) is 0 Å². The fourth-order valence-corrected chi connectivity index (χ4v) is 4.69. The molecule has 2 unspecified atom stereocenters. The minimum Gasteiger partial charge on any atom is -0.497 e. The molecule has 0 N–H and O–H groups in total. The Morgan fingerprint density at radius 3 is 2.44 bits per heavy atom. The molecule has 166 valence electrons. The Labute approximate surface area is 187 Å². The molecule has 6 nitrogen and oxygen atoms in total. The average molecular weight is 434 g/mol. The van der Waals surface area contributed by atoms with Gasteiger partial charge in [-0.05, 0) is 44.0 Å². The van der Waals surface area contributed by atoms with E-state index in [1.54, 1.807) is 19.2 Å². The molecule has 0 aliphatic carbocycles. The first-order chi connectivity index (χ1) is 15.4. The van der Waals surface area contributed by atoms with Crippen LogP contribution in [0.4, 0.5) is 5.69 Å². The van der Waals surface area contributed by atoms with Crippen LogP contribution < -0.4 is 14.2 Å². The third-order valence-corrected chi connectivity index (χ3v) is 6.01. The van der Waals surface area contributed by atoms with Gasteiger partial charge in [0.2, 0.25) is 0 Å². The van der Waals surface area contributed by atoms with Gasteiger partial charge in [0.05, 0.1) is 18.6 Å². The standard InChI is InChI=1S/C26H27NO5/c1-5-31-22-14-11-18(15-21(22)27(28)29)24-20-13-12-19(30-4)16-23(20)32-26(2,3)25(24)17-9-7-6-8-10-17/h6-16,24-25H,5H2,1-4H3. The first kappa shape index (κ1) is 21.7. The Morgan fingerprint density at radius 1 is 1.03 bits per heavy atom. The van der Waals surface area contributed by atoms with Crippen LogP contribution in [0.1, 0.15) is 49.3 Å².